The van der Waals surface area contributed by atoms with Crippen LogP contribution in [0.25, 0.3) is 0 Å². The molecule has 0 radical (unpaired) electrons. The van der Waals surface area contributed by atoms with Crippen LogP contribution in [0.2, 0.25) is 0 Å². The minimum Gasteiger partial charge on any atom is -0.462 e. The Morgan fingerprint density at radius 2 is 1.85 bits per heavy atom. The third-order valence-electron chi connectivity index (χ3n) is 1.09. The number of hydrogen-bond acceptors (Lipinski definition) is 4. The highest BCUT2D eigenvalue weighted by Crippen LogP contribution is 1.94. The molecule has 0 aromatic rings. The van der Waals surface area contributed by atoms with Crippen LogP contribution in [0.5, 0.6) is 0 Å². The van der Waals surface area contributed by atoms with Crippen molar-refractivity contribution < 1.29 is 19.1 Å². The van der Waals surface area contributed by atoms with Crippen LogP contribution >= 0.6 is 11.6 Å². The van der Waals surface area contributed by atoms with E-state index in [2.05, 4.69) is 11.3 Å². The summed E-state index contributed by atoms with van der Waals surface area (Å²) in [5.74, 6) is -0.447. The van der Waals surface area contributed by atoms with Crippen molar-refractivity contribution in [2.45, 2.75) is 13.3 Å². The number of halogens is 1. The molecule has 4 nitrogen and oxygen atoms in total. The van der Waals surface area contributed by atoms with Gasteiger partial charge in [0, 0.05) is 23.6 Å². The Morgan fingerprint density at radius 1 is 1.31 bits per heavy atom. The fourth-order valence-electron chi connectivity index (χ4n) is 0.499. The van der Waals surface area contributed by atoms with E-state index in [9.17, 15) is 9.59 Å². The normalized spacial score (nSPS) is 9.08. The molecule has 0 aliphatic rings. The van der Waals surface area contributed by atoms with E-state index in [4.69, 9.17) is 16.3 Å². The van der Waals surface area contributed by atoms with Crippen LogP contribution in [0, 0.1) is 0 Å². The first kappa shape index (κ1) is 12.0. The highest BCUT2D eigenvalue weighted by Gasteiger charge is 2.02. The van der Waals surface area contributed by atoms with Crippen molar-refractivity contribution in [1.29, 1.82) is 0 Å². The van der Waals surface area contributed by atoms with E-state index in [-0.39, 0.29) is 13.2 Å². The number of esters is 1. The fraction of sp³-hybridized carbons (Fsp3) is 0.500. The molecule has 0 N–H and O–H groups in total. The molecule has 0 aliphatic carbocycles. The lowest BCUT2D eigenvalue weighted by molar-refractivity contribution is -0.139. The molecule has 0 unspecified atom stereocenters. The second-order valence-corrected chi connectivity index (χ2v) is 2.66. The first-order valence-electron chi connectivity index (χ1n) is 3.69. The van der Waals surface area contributed by atoms with E-state index in [1.165, 1.54) is 0 Å². The quantitative estimate of drug-likeness (QED) is 0.298. The van der Waals surface area contributed by atoms with Crippen molar-refractivity contribution in [2.24, 2.45) is 0 Å². The molecule has 5 heteroatoms. The van der Waals surface area contributed by atoms with Gasteiger partial charge in [0.15, 0.2) is 0 Å². The molecule has 0 saturated carbocycles. The van der Waals surface area contributed by atoms with Crippen LogP contribution in [-0.4, -0.2) is 24.6 Å². The van der Waals surface area contributed by atoms with Gasteiger partial charge in [-0.25, -0.2) is 9.59 Å². The van der Waals surface area contributed by atoms with E-state index in [0.717, 1.165) is 0 Å². The van der Waals surface area contributed by atoms with Gasteiger partial charge in [0.1, 0.15) is 0 Å². The Balaban J connectivity index is 3.31. The van der Waals surface area contributed by atoms with Gasteiger partial charge in [-0.3, -0.25) is 0 Å². The lowest BCUT2D eigenvalue weighted by Crippen LogP contribution is -2.08. The highest BCUT2D eigenvalue weighted by molar-refractivity contribution is 6.61. The first-order valence-corrected chi connectivity index (χ1v) is 4.06. The Hall–Kier alpha value is -1.03. The molecule has 0 aliphatic heterocycles. The third kappa shape index (κ3) is 7.33. The number of carbonyl (C=O) groups is 2. The van der Waals surface area contributed by atoms with Gasteiger partial charge in [-0.05, 0) is 6.92 Å². The lowest BCUT2D eigenvalue weighted by Gasteiger charge is -2.03. The Bertz CT molecular complexity index is 212. The Labute approximate surface area is 81.5 Å². The maximum Gasteiger partial charge on any atom is 0.403 e. The molecule has 0 aromatic carbocycles. The lowest BCUT2D eigenvalue weighted by atomic mass is 10.4. The topological polar surface area (TPSA) is 52.6 Å². The third-order valence-corrected chi connectivity index (χ3v) is 1.19. The molecule has 0 aromatic heterocycles. The smallest absolute Gasteiger partial charge is 0.403 e. The van der Waals surface area contributed by atoms with Crippen LogP contribution in [0.3, 0.4) is 0 Å². The van der Waals surface area contributed by atoms with Gasteiger partial charge in [0.2, 0.25) is 0 Å². The van der Waals surface area contributed by atoms with Crippen molar-refractivity contribution in [3.05, 3.63) is 12.2 Å². The zero-order valence-electron chi connectivity index (χ0n) is 7.34. The number of carbonyl (C=O) groups excluding carboxylic acids is 2. The summed E-state index contributed by atoms with van der Waals surface area (Å²) < 4.78 is 9.11. The fourth-order valence-corrected chi connectivity index (χ4v) is 0.577. The predicted octanol–water partition coefficient (Wildman–Crippen LogP) is 1.87. The summed E-state index contributed by atoms with van der Waals surface area (Å²) in [6.07, 6.45) is 0.428. The monoisotopic (exact) mass is 206 g/mol. The molecule has 13 heavy (non-hydrogen) atoms. The Morgan fingerprint density at radius 3 is 2.31 bits per heavy atom. The average Bonchev–Trinajstić information content (AvgIpc) is 2.02. The molecule has 0 atom stereocenters. The SMILES string of the molecule is C=C(C)C(=O)OCCCOC(=O)Cl. The first-order chi connectivity index (χ1) is 6.04. The van der Waals surface area contributed by atoms with E-state index in [0.29, 0.717) is 12.0 Å². The van der Waals surface area contributed by atoms with E-state index < -0.39 is 11.4 Å². The van der Waals surface area contributed by atoms with Crippen LogP contribution in [0.1, 0.15) is 13.3 Å². The molecule has 74 valence electrons. The summed E-state index contributed by atoms with van der Waals surface area (Å²) in [5, 5.41) is 0. The largest absolute Gasteiger partial charge is 0.462 e. The molecule has 0 spiro atoms. The predicted molar refractivity (Wildman–Crippen MR) is 47.6 cm³/mol. The zero-order chi connectivity index (χ0) is 10.3. The van der Waals surface area contributed by atoms with Crippen molar-refractivity contribution in [2.75, 3.05) is 13.2 Å². The summed E-state index contributed by atoms with van der Waals surface area (Å²) in [6, 6.07) is 0. The Kier molecular flexibility index (Phi) is 5.97. The zero-order valence-corrected chi connectivity index (χ0v) is 8.10. The van der Waals surface area contributed by atoms with Crippen molar-refractivity contribution in [3.8, 4) is 0 Å². The second-order valence-electron chi connectivity index (χ2n) is 2.36. The van der Waals surface area contributed by atoms with Gasteiger partial charge in [-0.1, -0.05) is 6.58 Å². The van der Waals surface area contributed by atoms with Gasteiger partial charge < -0.3 is 9.47 Å². The highest BCUT2D eigenvalue weighted by atomic mass is 35.5. The van der Waals surface area contributed by atoms with Gasteiger partial charge in [0.05, 0.1) is 13.2 Å². The van der Waals surface area contributed by atoms with Gasteiger partial charge >= 0.3 is 11.4 Å². The van der Waals surface area contributed by atoms with Gasteiger partial charge in [-0.15, -0.1) is 0 Å². The number of ether oxygens (including phenoxy) is 2. The molecule has 0 fully saturated rings. The minimum absolute atomic E-state index is 0.145. The molecule has 0 amide bonds. The average molecular weight is 207 g/mol. The number of hydrogen-bond donors (Lipinski definition) is 0. The van der Waals surface area contributed by atoms with Crippen molar-refractivity contribution in [3.63, 3.8) is 0 Å². The van der Waals surface area contributed by atoms with E-state index in [1.54, 1.807) is 6.92 Å². The van der Waals surface area contributed by atoms with E-state index >= 15 is 0 Å². The molecular formula is C8H11ClO4. The van der Waals surface area contributed by atoms with Crippen molar-refractivity contribution in [1.82, 2.24) is 0 Å². The summed E-state index contributed by atoms with van der Waals surface area (Å²) in [7, 11) is 0. The summed E-state index contributed by atoms with van der Waals surface area (Å²) >= 11 is 4.89. The standard InChI is InChI=1S/C8H11ClO4/c1-6(2)7(10)12-4-3-5-13-8(9)11/h1,3-5H2,2H3. The summed E-state index contributed by atoms with van der Waals surface area (Å²) in [5.41, 5.74) is -0.513. The summed E-state index contributed by atoms with van der Waals surface area (Å²) in [4.78, 5) is 20.9. The van der Waals surface area contributed by atoms with E-state index in [1.807, 2.05) is 0 Å². The van der Waals surface area contributed by atoms with Crippen LogP contribution in [0.4, 0.5) is 4.79 Å². The van der Waals surface area contributed by atoms with Crippen LogP contribution in [-0.2, 0) is 14.3 Å². The molecule has 0 heterocycles. The molecule has 0 saturated heterocycles. The van der Waals surface area contributed by atoms with Crippen LogP contribution < -0.4 is 0 Å². The van der Waals surface area contributed by atoms with Crippen LogP contribution in [0.15, 0.2) is 12.2 Å². The maximum atomic E-state index is 10.8. The molecule has 0 bridgehead atoms. The van der Waals surface area contributed by atoms with Gasteiger partial charge in [-0.2, -0.15) is 0 Å². The second kappa shape index (κ2) is 6.48. The molecular weight excluding hydrogens is 196 g/mol. The minimum atomic E-state index is -0.855. The maximum absolute atomic E-state index is 10.8. The summed E-state index contributed by atoms with van der Waals surface area (Å²) in [6.45, 7) is 5.29. The van der Waals surface area contributed by atoms with Gasteiger partial charge in [0.25, 0.3) is 0 Å². The number of rotatable bonds is 5. The molecule has 0 rings (SSSR count). The van der Waals surface area contributed by atoms with Crippen molar-refractivity contribution >= 4 is 23.0 Å².